The van der Waals surface area contributed by atoms with Crippen LogP contribution < -0.4 is 5.73 Å². The maximum atomic E-state index is 14.0. The Hall–Kier alpha value is -2.14. The molecule has 3 aromatic rings. The number of nitrogens with zero attached hydrogens (tertiary/aromatic N) is 1. The van der Waals surface area contributed by atoms with E-state index < -0.39 is 0 Å². The zero-order valence-corrected chi connectivity index (χ0v) is 12.0. The summed E-state index contributed by atoms with van der Waals surface area (Å²) in [4.78, 5) is 0. The van der Waals surface area contributed by atoms with Crippen molar-refractivity contribution in [1.29, 1.82) is 0 Å². The first-order valence-corrected chi connectivity index (χ1v) is 6.81. The molecular weight excluding hydrogens is 321 g/mol. The van der Waals surface area contributed by atoms with Crippen LogP contribution in [0.1, 0.15) is 0 Å². The Morgan fingerprint density at radius 1 is 1.00 bits per heavy atom. The molecule has 100 valence electrons. The summed E-state index contributed by atoms with van der Waals surface area (Å²) >= 11 is 3.49. The molecular formula is C15H11BrFN3. The molecule has 1 aromatic heterocycles. The van der Waals surface area contributed by atoms with E-state index in [1.165, 1.54) is 6.07 Å². The molecule has 3 N–H and O–H groups in total. The summed E-state index contributed by atoms with van der Waals surface area (Å²) in [5.41, 5.74) is 8.54. The number of hydrogen-bond acceptors (Lipinski definition) is 2. The van der Waals surface area contributed by atoms with Gasteiger partial charge in [0.15, 0.2) is 5.82 Å². The number of nitrogen functional groups attached to an aromatic ring is 1. The van der Waals surface area contributed by atoms with Gasteiger partial charge in [0.1, 0.15) is 5.82 Å². The first-order valence-electron chi connectivity index (χ1n) is 6.02. The van der Waals surface area contributed by atoms with Gasteiger partial charge in [0.2, 0.25) is 0 Å². The lowest BCUT2D eigenvalue weighted by Crippen LogP contribution is -1.91. The van der Waals surface area contributed by atoms with E-state index >= 15 is 0 Å². The van der Waals surface area contributed by atoms with Crippen LogP contribution in [0, 0.1) is 5.82 Å². The number of benzene rings is 2. The third-order valence-corrected chi connectivity index (χ3v) is 3.77. The number of halogens is 2. The quantitative estimate of drug-likeness (QED) is 0.738. The van der Waals surface area contributed by atoms with Gasteiger partial charge in [0.05, 0.1) is 11.3 Å². The van der Waals surface area contributed by atoms with Crippen molar-refractivity contribution in [1.82, 2.24) is 10.2 Å². The molecule has 0 bridgehead atoms. The number of hydrogen-bond donors (Lipinski definition) is 2. The standard InChI is InChI=1S/C15H11BrFN3/c16-11-7-3-1-5-9(11)13-14(19-20-15(13)18)10-6-2-4-8-12(10)17/h1-8H,(H3,18,19,20). The lowest BCUT2D eigenvalue weighted by atomic mass is 10.0. The van der Waals surface area contributed by atoms with Crippen molar-refractivity contribution in [3.05, 3.63) is 58.8 Å². The first kappa shape index (κ1) is 12.9. The fourth-order valence-corrected chi connectivity index (χ4v) is 2.63. The van der Waals surface area contributed by atoms with Crippen molar-refractivity contribution < 1.29 is 4.39 Å². The molecule has 3 rings (SSSR count). The van der Waals surface area contributed by atoms with Crippen LogP contribution in [-0.2, 0) is 0 Å². The Labute approximate surface area is 123 Å². The summed E-state index contributed by atoms with van der Waals surface area (Å²) in [6.45, 7) is 0. The minimum absolute atomic E-state index is 0.315. The first-order chi connectivity index (χ1) is 9.68. The zero-order valence-electron chi connectivity index (χ0n) is 10.4. The Bertz CT molecular complexity index is 767. The minimum Gasteiger partial charge on any atom is -0.382 e. The fraction of sp³-hybridized carbons (Fsp3) is 0. The average molecular weight is 332 g/mol. The van der Waals surface area contributed by atoms with E-state index in [4.69, 9.17) is 5.73 Å². The molecule has 0 unspecified atom stereocenters. The van der Waals surface area contributed by atoms with Crippen molar-refractivity contribution in [2.45, 2.75) is 0 Å². The van der Waals surface area contributed by atoms with Gasteiger partial charge in [-0.3, -0.25) is 5.10 Å². The second kappa shape index (κ2) is 5.09. The van der Waals surface area contributed by atoms with E-state index in [2.05, 4.69) is 26.1 Å². The smallest absolute Gasteiger partial charge is 0.153 e. The lowest BCUT2D eigenvalue weighted by molar-refractivity contribution is 0.630. The Morgan fingerprint density at radius 3 is 2.35 bits per heavy atom. The number of anilines is 1. The van der Waals surface area contributed by atoms with E-state index in [1.807, 2.05) is 24.3 Å². The van der Waals surface area contributed by atoms with E-state index in [9.17, 15) is 4.39 Å². The Morgan fingerprint density at radius 2 is 1.65 bits per heavy atom. The molecule has 0 amide bonds. The molecule has 20 heavy (non-hydrogen) atoms. The second-order valence-corrected chi connectivity index (χ2v) is 5.17. The largest absolute Gasteiger partial charge is 0.382 e. The second-order valence-electron chi connectivity index (χ2n) is 4.32. The van der Waals surface area contributed by atoms with Crippen LogP contribution in [0.3, 0.4) is 0 Å². The molecule has 0 aliphatic carbocycles. The Balaban J connectivity index is 2.26. The van der Waals surface area contributed by atoms with Crippen LogP contribution in [0.5, 0.6) is 0 Å². The van der Waals surface area contributed by atoms with Crippen molar-refractivity contribution in [2.24, 2.45) is 0 Å². The number of rotatable bonds is 2. The highest BCUT2D eigenvalue weighted by Crippen LogP contribution is 2.38. The van der Waals surface area contributed by atoms with Gasteiger partial charge in [-0.15, -0.1) is 0 Å². The summed E-state index contributed by atoms with van der Waals surface area (Å²) in [6, 6.07) is 14.2. The summed E-state index contributed by atoms with van der Waals surface area (Å²) < 4.78 is 14.9. The highest BCUT2D eigenvalue weighted by Gasteiger charge is 2.18. The molecule has 2 aromatic carbocycles. The third kappa shape index (κ3) is 2.10. The minimum atomic E-state index is -0.315. The van der Waals surface area contributed by atoms with Gasteiger partial charge in [0.25, 0.3) is 0 Å². The van der Waals surface area contributed by atoms with Crippen LogP contribution >= 0.6 is 15.9 Å². The summed E-state index contributed by atoms with van der Waals surface area (Å²) in [7, 11) is 0. The summed E-state index contributed by atoms with van der Waals surface area (Å²) in [5.74, 6) is 0.0274. The third-order valence-electron chi connectivity index (χ3n) is 3.08. The highest BCUT2D eigenvalue weighted by atomic mass is 79.9. The molecule has 0 spiro atoms. The summed E-state index contributed by atoms with van der Waals surface area (Å²) in [6.07, 6.45) is 0. The molecule has 1 heterocycles. The van der Waals surface area contributed by atoms with Crippen molar-refractivity contribution >= 4 is 21.7 Å². The predicted octanol–water partition coefficient (Wildman–Crippen LogP) is 4.23. The molecule has 0 atom stereocenters. The van der Waals surface area contributed by atoms with Gasteiger partial charge in [-0.05, 0) is 18.2 Å². The molecule has 0 radical (unpaired) electrons. The van der Waals surface area contributed by atoms with Gasteiger partial charge >= 0.3 is 0 Å². The Kier molecular flexibility index (Phi) is 3.28. The van der Waals surface area contributed by atoms with Crippen molar-refractivity contribution in [3.63, 3.8) is 0 Å². The normalized spacial score (nSPS) is 10.7. The zero-order chi connectivity index (χ0) is 14.1. The molecule has 0 saturated heterocycles. The number of H-pyrrole nitrogens is 1. The van der Waals surface area contributed by atoms with Crippen molar-refractivity contribution in [2.75, 3.05) is 5.73 Å². The van der Waals surface area contributed by atoms with Gasteiger partial charge in [-0.1, -0.05) is 46.3 Å². The van der Waals surface area contributed by atoms with Gasteiger partial charge in [-0.25, -0.2) is 4.39 Å². The molecule has 0 aliphatic rings. The number of nitrogens with two attached hydrogens (primary N) is 1. The van der Waals surface area contributed by atoms with E-state index in [-0.39, 0.29) is 5.82 Å². The molecule has 0 aliphatic heterocycles. The van der Waals surface area contributed by atoms with E-state index in [0.717, 1.165) is 10.0 Å². The van der Waals surface area contributed by atoms with Crippen LogP contribution in [0.2, 0.25) is 0 Å². The van der Waals surface area contributed by atoms with Crippen LogP contribution in [0.25, 0.3) is 22.4 Å². The molecule has 5 heteroatoms. The fourth-order valence-electron chi connectivity index (χ4n) is 2.15. The molecule has 0 fully saturated rings. The topological polar surface area (TPSA) is 54.7 Å². The number of aromatic nitrogens is 2. The van der Waals surface area contributed by atoms with Crippen molar-refractivity contribution in [3.8, 4) is 22.4 Å². The van der Waals surface area contributed by atoms with Gasteiger partial charge in [-0.2, -0.15) is 5.10 Å². The van der Waals surface area contributed by atoms with Crippen LogP contribution in [0.15, 0.2) is 53.0 Å². The van der Waals surface area contributed by atoms with E-state index in [0.29, 0.717) is 22.6 Å². The van der Waals surface area contributed by atoms with Gasteiger partial charge < -0.3 is 5.73 Å². The highest BCUT2D eigenvalue weighted by molar-refractivity contribution is 9.10. The maximum Gasteiger partial charge on any atom is 0.153 e. The lowest BCUT2D eigenvalue weighted by Gasteiger charge is -2.07. The van der Waals surface area contributed by atoms with E-state index in [1.54, 1.807) is 18.2 Å². The average Bonchev–Trinajstić information content (AvgIpc) is 2.82. The maximum absolute atomic E-state index is 14.0. The molecule has 3 nitrogen and oxygen atoms in total. The van der Waals surface area contributed by atoms with Gasteiger partial charge in [0, 0.05) is 15.6 Å². The number of aromatic amines is 1. The van der Waals surface area contributed by atoms with Crippen LogP contribution in [-0.4, -0.2) is 10.2 Å². The predicted molar refractivity (Wildman–Crippen MR) is 81.5 cm³/mol. The monoisotopic (exact) mass is 331 g/mol. The number of nitrogens with one attached hydrogen (secondary N) is 1. The molecule has 0 saturated carbocycles. The van der Waals surface area contributed by atoms with Crippen LogP contribution in [0.4, 0.5) is 10.2 Å². The summed E-state index contributed by atoms with van der Waals surface area (Å²) in [5, 5.41) is 6.84. The SMILES string of the molecule is Nc1n[nH]c(-c2ccccc2F)c1-c1ccccc1Br.